The van der Waals surface area contributed by atoms with Crippen LogP contribution in [0.2, 0.25) is 0 Å². The van der Waals surface area contributed by atoms with Crippen LogP contribution in [0.5, 0.6) is 0 Å². The Morgan fingerprint density at radius 3 is 2.05 bits per heavy atom. The Kier molecular flexibility index (Phi) is 5.51. The molecule has 0 radical (unpaired) electrons. The van der Waals surface area contributed by atoms with Gasteiger partial charge in [-0.2, -0.15) is 0 Å². The summed E-state index contributed by atoms with van der Waals surface area (Å²) in [5.41, 5.74) is 1.35. The van der Waals surface area contributed by atoms with Crippen LogP contribution in [0.1, 0.15) is 78.9 Å². The molecular weight excluding hydrogens is 294 g/mol. The second-order valence-corrected chi connectivity index (χ2v) is 9.65. The van der Waals surface area contributed by atoms with E-state index in [1.807, 2.05) is 32.9 Å². The number of rotatable bonds is 5. The number of nitrogens with one attached hydrogen (secondary N) is 1. The van der Waals surface area contributed by atoms with Gasteiger partial charge < -0.3 is 0 Å². The first-order valence-electron chi connectivity index (χ1n) is 7.98. The molecule has 0 aliphatic heterocycles. The van der Waals surface area contributed by atoms with Gasteiger partial charge in [-0.25, -0.2) is 13.1 Å². The second kappa shape index (κ2) is 6.32. The van der Waals surface area contributed by atoms with Crippen molar-refractivity contribution in [3.63, 3.8) is 0 Å². The van der Waals surface area contributed by atoms with Gasteiger partial charge in [0.05, 0.1) is 4.90 Å². The van der Waals surface area contributed by atoms with E-state index in [1.165, 1.54) is 5.56 Å². The third kappa shape index (κ3) is 4.56. The van der Waals surface area contributed by atoms with E-state index >= 15 is 0 Å². The maximum atomic E-state index is 12.8. The quantitative estimate of drug-likeness (QED) is 0.861. The molecule has 0 aliphatic rings. The molecule has 0 atom stereocenters. The van der Waals surface area contributed by atoms with Crippen molar-refractivity contribution in [2.24, 2.45) is 0 Å². The van der Waals surface area contributed by atoms with Gasteiger partial charge in [-0.3, -0.25) is 0 Å². The van der Waals surface area contributed by atoms with Crippen LogP contribution in [0.3, 0.4) is 0 Å². The second-order valence-electron chi connectivity index (χ2n) is 8.00. The molecule has 0 heterocycles. The van der Waals surface area contributed by atoms with Crippen LogP contribution in [0.15, 0.2) is 23.1 Å². The summed E-state index contributed by atoms with van der Waals surface area (Å²) < 4.78 is 28.5. The maximum absolute atomic E-state index is 12.8. The molecule has 22 heavy (non-hydrogen) atoms. The van der Waals surface area contributed by atoms with Gasteiger partial charge in [0.25, 0.3) is 0 Å². The highest BCUT2D eigenvalue weighted by Crippen LogP contribution is 2.32. The summed E-state index contributed by atoms with van der Waals surface area (Å²) in [5, 5.41) is 0. The van der Waals surface area contributed by atoms with Crippen LogP contribution in [-0.2, 0) is 15.4 Å². The average molecular weight is 326 g/mol. The van der Waals surface area contributed by atoms with Crippen LogP contribution in [0.4, 0.5) is 0 Å². The van der Waals surface area contributed by atoms with Crippen LogP contribution >= 0.6 is 0 Å². The van der Waals surface area contributed by atoms with Crippen molar-refractivity contribution in [1.82, 2.24) is 4.72 Å². The van der Waals surface area contributed by atoms with Gasteiger partial charge >= 0.3 is 0 Å². The minimum Gasteiger partial charge on any atom is -0.207 e. The van der Waals surface area contributed by atoms with Gasteiger partial charge in [-0.1, -0.05) is 53.7 Å². The van der Waals surface area contributed by atoms with E-state index in [9.17, 15) is 8.42 Å². The predicted octanol–water partition coefficient (Wildman–Crippen LogP) is 4.57. The fourth-order valence-electron chi connectivity index (χ4n) is 2.22. The summed E-state index contributed by atoms with van der Waals surface area (Å²) >= 11 is 0. The number of benzene rings is 1. The van der Waals surface area contributed by atoms with Gasteiger partial charge in [0.1, 0.15) is 0 Å². The Hall–Kier alpha value is -0.870. The largest absolute Gasteiger partial charge is 0.241 e. The van der Waals surface area contributed by atoms with Crippen LogP contribution in [-0.4, -0.2) is 14.0 Å². The summed E-state index contributed by atoms with van der Waals surface area (Å²) in [5.74, 6) is 0.373. The predicted molar refractivity (Wildman–Crippen MR) is 93.9 cm³/mol. The molecule has 4 heteroatoms. The van der Waals surface area contributed by atoms with Crippen molar-refractivity contribution >= 4 is 10.0 Å². The Morgan fingerprint density at radius 2 is 1.64 bits per heavy atom. The van der Waals surface area contributed by atoms with E-state index < -0.39 is 15.6 Å². The van der Waals surface area contributed by atoms with E-state index in [4.69, 9.17) is 0 Å². The molecule has 1 N–H and O–H groups in total. The van der Waals surface area contributed by atoms with Crippen molar-refractivity contribution in [3.05, 3.63) is 29.3 Å². The van der Waals surface area contributed by atoms with E-state index in [0.29, 0.717) is 10.8 Å². The lowest BCUT2D eigenvalue weighted by Gasteiger charge is -2.28. The molecule has 3 nitrogen and oxygen atoms in total. The normalized spacial score (nSPS) is 13.7. The first kappa shape index (κ1) is 19.2. The Morgan fingerprint density at radius 1 is 1.09 bits per heavy atom. The summed E-state index contributed by atoms with van der Waals surface area (Å²) in [4.78, 5) is 0.394. The van der Waals surface area contributed by atoms with Gasteiger partial charge in [-0.15, -0.1) is 0 Å². The molecule has 0 aliphatic carbocycles. The molecule has 0 fully saturated rings. The molecule has 0 bridgehead atoms. The van der Waals surface area contributed by atoms with Crippen LogP contribution < -0.4 is 4.72 Å². The molecular formula is C18H31NO2S. The highest BCUT2D eigenvalue weighted by Gasteiger charge is 2.30. The molecule has 0 aromatic heterocycles. The van der Waals surface area contributed by atoms with Crippen molar-refractivity contribution in [2.45, 2.75) is 83.6 Å². The maximum Gasteiger partial charge on any atom is 0.241 e. The zero-order chi connectivity index (χ0) is 17.3. The molecule has 0 amide bonds. The first-order valence-corrected chi connectivity index (χ1v) is 9.47. The van der Waals surface area contributed by atoms with E-state index in [0.717, 1.165) is 12.0 Å². The molecule has 126 valence electrons. The van der Waals surface area contributed by atoms with Crippen molar-refractivity contribution in [3.8, 4) is 0 Å². The van der Waals surface area contributed by atoms with Crippen molar-refractivity contribution < 1.29 is 8.42 Å². The average Bonchev–Trinajstić information content (AvgIpc) is 2.35. The number of sulfonamides is 1. The van der Waals surface area contributed by atoms with E-state index in [2.05, 4.69) is 39.3 Å². The van der Waals surface area contributed by atoms with Gasteiger partial charge in [-0.05, 0) is 48.8 Å². The zero-order valence-corrected chi connectivity index (χ0v) is 16.1. The SMILES string of the molecule is CCC(C)(C)NS(=O)(=O)c1ccc(C(C)C)cc1C(C)(C)C. The highest BCUT2D eigenvalue weighted by molar-refractivity contribution is 7.89. The number of hydrogen-bond acceptors (Lipinski definition) is 2. The molecule has 1 rings (SSSR count). The lowest BCUT2D eigenvalue weighted by molar-refractivity contribution is 0.438. The summed E-state index contributed by atoms with van der Waals surface area (Å²) in [6.45, 7) is 16.2. The van der Waals surface area contributed by atoms with E-state index in [1.54, 1.807) is 6.07 Å². The minimum absolute atomic E-state index is 0.231. The van der Waals surface area contributed by atoms with Gasteiger partial charge in [0, 0.05) is 5.54 Å². The monoisotopic (exact) mass is 325 g/mol. The third-order valence-corrected chi connectivity index (χ3v) is 5.82. The molecule has 0 saturated carbocycles. The molecule has 0 unspecified atom stereocenters. The van der Waals surface area contributed by atoms with Crippen molar-refractivity contribution in [1.29, 1.82) is 0 Å². The highest BCUT2D eigenvalue weighted by atomic mass is 32.2. The summed E-state index contributed by atoms with van der Waals surface area (Å²) in [6.07, 6.45) is 0.737. The summed E-state index contributed by atoms with van der Waals surface area (Å²) in [6, 6.07) is 5.72. The van der Waals surface area contributed by atoms with Crippen LogP contribution in [0, 0.1) is 0 Å². The Balaban J connectivity index is 3.47. The zero-order valence-electron chi connectivity index (χ0n) is 15.2. The standard InChI is InChI=1S/C18H31NO2S/c1-9-18(7,8)19-22(20,21)16-11-10-14(13(2)3)12-15(16)17(4,5)6/h10-13,19H,9H2,1-8H3. The molecule has 1 aromatic rings. The fourth-order valence-corrected chi connectivity index (χ4v) is 4.10. The topological polar surface area (TPSA) is 46.2 Å². The first-order chi connectivity index (χ1) is 9.80. The summed E-state index contributed by atoms with van der Waals surface area (Å²) in [7, 11) is -3.54. The van der Waals surface area contributed by atoms with Crippen LogP contribution in [0.25, 0.3) is 0 Å². The minimum atomic E-state index is -3.54. The lowest BCUT2D eigenvalue weighted by atomic mass is 9.85. The van der Waals surface area contributed by atoms with Gasteiger partial charge in [0.2, 0.25) is 10.0 Å². The fraction of sp³-hybridized carbons (Fsp3) is 0.667. The number of hydrogen-bond donors (Lipinski definition) is 1. The van der Waals surface area contributed by atoms with Crippen molar-refractivity contribution in [2.75, 3.05) is 0 Å². The van der Waals surface area contributed by atoms with Gasteiger partial charge in [0.15, 0.2) is 0 Å². The Bertz CT molecular complexity index is 623. The lowest BCUT2D eigenvalue weighted by Crippen LogP contribution is -2.43. The molecule has 0 saturated heterocycles. The third-order valence-electron chi connectivity index (χ3n) is 4.06. The Labute approximate surface area is 136 Å². The molecule has 1 aromatic carbocycles. The van der Waals surface area contributed by atoms with E-state index in [-0.39, 0.29) is 5.41 Å². The smallest absolute Gasteiger partial charge is 0.207 e. The molecule has 0 spiro atoms.